The largest absolute Gasteiger partial charge is 0.497 e. The predicted molar refractivity (Wildman–Crippen MR) is 116 cm³/mol. The van der Waals surface area contributed by atoms with Gasteiger partial charge >= 0.3 is 0 Å². The summed E-state index contributed by atoms with van der Waals surface area (Å²) in [6, 6.07) is 11.9. The SMILES string of the molecule is COc1ccc(CC(=O)N2CCC(Oc3nc4c(C)ccc(C)c4s3)CC2)cc1. The van der Waals surface area contributed by atoms with E-state index in [1.165, 1.54) is 15.8 Å². The van der Waals surface area contributed by atoms with Crippen LogP contribution >= 0.6 is 11.3 Å². The number of amides is 1. The first-order valence-corrected chi connectivity index (χ1v) is 10.8. The Labute approximate surface area is 175 Å². The number of aromatic nitrogens is 1. The average Bonchev–Trinajstić information content (AvgIpc) is 3.17. The Balaban J connectivity index is 1.32. The van der Waals surface area contributed by atoms with Crippen LogP contribution in [0.5, 0.6) is 10.9 Å². The summed E-state index contributed by atoms with van der Waals surface area (Å²) in [5.41, 5.74) is 4.46. The third-order valence-electron chi connectivity index (χ3n) is 5.50. The van der Waals surface area contributed by atoms with Crippen molar-refractivity contribution in [3.05, 3.63) is 53.1 Å². The van der Waals surface area contributed by atoms with E-state index in [2.05, 4.69) is 26.0 Å². The van der Waals surface area contributed by atoms with E-state index in [0.29, 0.717) is 6.42 Å². The van der Waals surface area contributed by atoms with E-state index < -0.39 is 0 Å². The summed E-state index contributed by atoms with van der Waals surface area (Å²) in [6.07, 6.45) is 2.21. The van der Waals surface area contributed by atoms with Crippen molar-refractivity contribution in [2.45, 2.75) is 39.2 Å². The van der Waals surface area contributed by atoms with Gasteiger partial charge in [0.05, 0.1) is 23.7 Å². The molecule has 0 N–H and O–H groups in total. The lowest BCUT2D eigenvalue weighted by atomic mass is 10.1. The molecule has 0 aliphatic carbocycles. The number of benzene rings is 2. The molecule has 1 aromatic heterocycles. The Bertz CT molecular complexity index is 966. The number of piperidine rings is 1. The fraction of sp³-hybridized carbons (Fsp3) is 0.391. The number of hydrogen-bond donors (Lipinski definition) is 0. The predicted octanol–water partition coefficient (Wildman–Crippen LogP) is 4.53. The molecule has 152 valence electrons. The first-order chi connectivity index (χ1) is 14.0. The quantitative estimate of drug-likeness (QED) is 0.620. The molecule has 1 amide bonds. The van der Waals surface area contributed by atoms with Crippen molar-refractivity contribution in [2.75, 3.05) is 20.2 Å². The van der Waals surface area contributed by atoms with Gasteiger partial charge in [0.15, 0.2) is 0 Å². The van der Waals surface area contributed by atoms with Crippen LogP contribution in [0.4, 0.5) is 0 Å². The third kappa shape index (κ3) is 4.37. The number of aryl methyl sites for hydroxylation is 2. The highest BCUT2D eigenvalue weighted by molar-refractivity contribution is 7.20. The number of carbonyl (C=O) groups excluding carboxylic acids is 1. The zero-order chi connectivity index (χ0) is 20.4. The van der Waals surface area contributed by atoms with E-state index in [1.807, 2.05) is 29.2 Å². The Hall–Kier alpha value is -2.60. The summed E-state index contributed by atoms with van der Waals surface area (Å²) >= 11 is 1.62. The van der Waals surface area contributed by atoms with Crippen LogP contribution in [-0.4, -0.2) is 42.1 Å². The van der Waals surface area contributed by atoms with Crippen LogP contribution in [0.3, 0.4) is 0 Å². The second-order valence-electron chi connectivity index (χ2n) is 7.58. The molecule has 1 aliphatic rings. The monoisotopic (exact) mass is 410 g/mol. The number of nitrogens with zero attached hydrogens (tertiary/aromatic N) is 2. The number of carbonyl (C=O) groups is 1. The standard InChI is InChI=1S/C23H26N2O3S/c1-15-4-5-16(2)22-21(15)24-23(29-22)28-19-10-12-25(13-11-19)20(26)14-17-6-8-18(27-3)9-7-17/h4-9,19H,10-14H2,1-3H3. The van der Waals surface area contributed by atoms with E-state index in [0.717, 1.165) is 48.0 Å². The Kier molecular flexibility index (Phi) is 5.72. The highest BCUT2D eigenvalue weighted by Gasteiger charge is 2.25. The molecule has 5 nitrogen and oxygen atoms in total. The van der Waals surface area contributed by atoms with E-state index in [1.54, 1.807) is 18.4 Å². The third-order valence-corrected chi connectivity index (χ3v) is 6.58. The molecule has 2 heterocycles. The van der Waals surface area contributed by atoms with Gasteiger partial charge in [0, 0.05) is 25.9 Å². The van der Waals surface area contributed by atoms with Crippen LogP contribution in [0.2, 0.25) is 0 Å². The lowest BCUT2D eigenvalue weighted by Crippen LogP contribution is -2.42. The zero-order valence-electron chi connectivity index (χ0n) is 17.1. The van der Waals surface area contributed by atoms with Crippen molar-refractivity contribution >= 4 is 27.5 Å². The van der Waals surface area contributed by atoms with Crippen LogP contribution in [0, 0.1) is 13.8 Å². The second kappa shape index (κ2) is 8.41. The van der Waals surface area contributed by atoms with Gasteiger partial charge in [-0.3, -0.25) is 4.79 Å². The molecule has 29 heavy (non-hydrogen) atoms. The fourth-order valence-corrected chi connectivity index (χ4v) is 4.71. The highest BCUT2D eigenvalue weighted by Crippen LogP contribution is 2.33. The normalized spacial score (nSPS) is 14.9. The molecular weight excluding hydrogens is 384 g/mol. The minimum absolute atomic E-state index is 0.112. The van der Waals surface area contributed by atoms with Gasteiger partial charge in [-0.05, 0) is 42.7 Å². The van der Waals surface area contributed by atoms with E-state index >= 15 is 0 Å². The van der Waals surface area contributed by atoms with Gasteiger partial charge in [-0.1, -0.05) is 35.6 Å². The van der Waals surface area contributed by atoms with E-state index in [-0.39, 0.29) is 12.0 Å². The minimum Gasteiger partial charge on any atom is -0.497 e. The summed E-state index contributed by atoms with van der Waals surface area (Å²) in [5, 5.41) is 0.736. The Morgan fingerprint density at radius 2 is 1.79 bits per heavy atom. The topological polar surface area (TPSA) is 51.7 Å². The van der Waals surface area contributed by atoms with Gasteiger partial charge in [-0.25, -0.2) is 4.98 Å². The molecule has 4 rings (SSSR count). The smallest absolute Gasteiger partial charge is 0.274 e. The van der Waals surface area contributed by atoms with Gasteiger partial charge in [-0.2, -0.15) is 0 Å². The first kappa shape index (κ1) is 19.7. The van der Waals surface area contributed by atoms with Crippen LogP contribution < -0.4 is 9.47 Å². The molecule has 0 saturated carbocycles. The Morgan fingerprint density at radius 1 is 1.10 bits per heavy atom. The van der Waals surface area contributed by atoms with Gasteiger partial charge < -0.3 is 14.4 Å². The number of ether oxygens (including phenoxy) is 2. The molecule has 0 unspecified atom stereocenters. The summed E-state index contributed by atoms with van der Waals surface area (Å²) in [7, 11) is 1.64. The molecule has 1 aliphatic heterocycles. The molecule has 6 heteroatoms. The molecule has 1 fully saturated rings. The lowest BCUT2D eigenvalue weighted by molar-refractivity contribution is -0.132. The van der Waals surface area contributed by atoms with Crippen molar-refractivity contribution < 1.29 is 14.3 Å². The second-order valence-corrected chi connectivity index (χ2v) is 8.54. The molecule has 2 aromatic carbocycles. The van der Waals surface area contributed by atoms with Gasteiger partial charge in [0.1, 0.15) is 11.9 Å². The number of fused-ring (bicyclic) bond motifs is 1. The highest BCUT2D eigenvalue weighted by atomic mass is 32.1. The number of likely N-dealkylation sites (tertiary alicyclic amines) is 1. The maximum Gasteiger partial charge on any atom is 0.274 e. The van der Waals surface area contributed by atoms with Gasteiger partial charge in [0.25, 0.3) is 5.19 Å². The van der Waals surface area contributed by atoms with Crippen molar-refractivity contribution in [2.24, 2.45) is 0 Å². The molecule has 0 spiro atoms. The minimum atomic E-state index is 0.112. The zero-order valence-corrected chi connectivity index (χ0v) is 17.9. The van der Waals surface area contributed by atoms with Crippen molar-refractivity contribution in [3.8, 4) is 10.9 Å². The molecule has 1 saturated heterocycles. The Morgan fingerprint density at radius 3 is 2.45 bits per heavy atom. The summed E-state index contributed by atoms with van der Waals surface area (Å²) in [5.74, 6) is 0.972. The molecule has 0 atom stereocenters. The van der Waals surface area contributed by atoms with Crippen LogP contribution in [0.1, 0.15) is 29.5 Å². The van der Waals surface area contributed by atoms with Gasteiger partial charge in [-0.15, -0.1) is 0 Å². The van der Waals surface area contributed by atoms with Crippen molar-refractivity contribution in [1.29, 1.82) is 0 Å². The fourth-order valence-electron chi connectivity index (χ4n) is 3.69. The number of hydrogen-bond acceptors (Lipinski definition) is 5. The maximum absolute atomic E-state index is 12.6. The number of methoxy groups -OCH3 is 1. The first-order valence-electron chi connectivity index (χ1n) is 9.97. The van der Waals surface area contributed by atoms with Gasteiger partial charge in [0.2, 0.25) is 5.91 Å². The average molecular weight is 411 g/mol. The van der Waals surface area contributed by atoms with Crippen LogP contribution in [0.25, 0.3) is 10.2 Å². The number of rotatable bonds is 5. The summed E-state index contributed by atoms with van der Waals surface area (Å²) in [4.78, 5) is 19.3. The van der Waals surface area contributed by atoms with Crippen molar-refractivity contribution in [3.63, 3.8) is 0 Å². The molecule has 3 aromatic rings. The lowest BCUT2D eigenvalue weighted by Gasteiger charge is -2.31. The van der Waals surface area contributed by atoms with Crippen molar-refractivity contribution in [1.82, 2.24) is 9.88 Å². The summed E-state index contributed by atoms with van der Waals surface area (Å²) in [6.45, 7) is 5.64. The van der Waals surface area contributed by atoms with E-state index in [4.69, 9.17) is 14.5 Å². The van der Waals surface area contributed by atoms with Crippen LogP contribution in [-0.2, 0) is 11.2 Å². The molecule has 0 radical (unpaired) electrons. The molecular formula is C23H26N2O3S. The van der Waals surface area contributed by atoms with Crippen LogP contribution in [0.15, 0.2) is 36.4 Å². The number of thiazole rings is 1. The maximum atomic E-state index is 12.6. The summed E-state index contributed by atoms with van der Waals surface area (Å²) < 4.78 is 12.5. The molecule has 0 bridgehead atoms. The van der Waals surface area contributed by atoms with E-state index in [9.17, 15) is 4.79 Å².